The third kappa shape index (κ3) is 3.95. The van der Waals surface area contributed by atoms with E-state index in [0.29, 0.717) is 19.8 Å². The molecule has 0 saturated heterocycles. The van der Waals surface area contributed by atoms with Crippen LogP contribution in [0.15, 0.2) is 24.3 Å². The summed E-state index contributed by atoms with van der Waals surface area (Å²) in [5.41, 5.74) is 1.18. The van der Waals surface area contributed by atoms with E-state index in [1.54, 1.807) is 0 Å². The standard InChI is InChI=1S/C16H25NO3/c1-3-9-18-10-11-19-15-12-20-14-8-6-5-7-13(14)16(15)17-4-2/h5-8,15-17H,3-4,9-12H2,1-2H3. The van der Waals surface area contributed by atoms with Gasteiger partial charge in [0.15, 0.2) is 0 Å². The summed E-state index contributed by atoms with van der Waals surface area (Å²) in [6.07, 6.45) is 1.08. The smallest absolute Gasteiger partial charge is 0.124 e. The number of hydrogen-bond acceptors (Lipinski definition) is 4. The molecule has 0 bridgehead atoms. The molecule has 0 amide bonds. The van der Waals surface area contributed by atoms with Gasteiger partial charge in [0.25, 0.3) is 0 Å². The molecular formula is C16H25NO3. The minimum Gasteiger partial charge on any atom is -0.490 e. The summed E-state index contributed by atoms with van der Waals surface area (Å²) in [4.78, 5) is 0. The minimum absolute atomic E-state index is 0.0371. The SMILES string of the molecule is CCCOCCOC1COc2ccccc2C1NCC. The van der Waals surface area contributed by atoms with Crippen molar-refractivity contribution in [3.63, 3.8) is 0 Å². The summed E-state index contributed by atoms with van der Waals surface area (Å²) in [7, 11) is 0. The van der Waals surface area contributed by atoms with Crippen molar-refractivity contribution in [2.45, 2.75) is 32.4 Å². The molecule has 1 aromatic rings. The molecule has 4 nitrogen and oxygen atoms in total. The molecule has 1 aromatic carbocycles. The summed E-state index contributed by atoms with van der Waals surface area (Å²) >= 11 is 0. The fraction of sp³-hybridized carbons (Fsp3) is 0.625. The normalized spacial score (nSPS) is 21.3. The molecule has 2 unspecified atom stereocenters. The molecule has 20 heavy (non-hydrogen) atoms. The molecule has 0 radical (unpaired) electrons. The predicted molar refractivity (Wildman–Crippen MR) is 79.2 cm³/mol. The van der Waals surface area contributed by atoms with Crippen LogP contribution in [-0.4, -0.2) is 39.1 Å². The van der Waals surface area contributed by atoms with E-state index in [1.807, 2.05) is 18.2 Å². The maximum Gasteiger partial charge on any atom is 0.124 e. The van der Waals surface area contributed by atoms with E-state index in [1.165, 1.54) is 5.56 Å². The molecule has 1 aliphatic rings. The lowest BCUT2D eigenvalue weighted by atomic mass is 9.98. The Hall–Kier alpha value is -1.10. The molecule has 2 atom stereocenters. The maximum absolute atomic E-state index is 5.94. The predicted octanol–water partition coefficient (Wildman–Crippen LogP) is 2.54. The van der Waals surface area contributed by atoms with Gasteiger partial charge in [0.2, 0.25) is 0 Å². The van der Waals surface area contributed by atoms with Crippen LogP contribution in [0, 0.1) is 0 Å². The van der Waals surface area contributed by atoms with E-state index in [0.717, 1.165) is 25.3 Å². The van der Waals surface area contributed by atoms with Crippen molar-refractivity contribution in [1.82, 2.24) is 5.32 Å². The summed E-state index contributed by atoms with van der Waals surface area (Å²) < 4.78 is 17.2. The van der Waals surface area contributed by atoms with Crippen LogP contribution >= 0.6 is 0 Å². The molecule has 112 valence electrons. The fourth-order valence-electron chi connectivity index (χ4n) is 2.45. The molecule has 1 heterocycles. The monoisotopic (exact) mass is 279 g/mol. The van der Waals surface area contributed by atoms with Gasteiger partial charge in [-0.25, -0.2) is 0 Å². The van der Waals surface area contributed by atoms with Crippen molar-refractivity contribution in [2.24, 2.45) is 0 Å². The first-order valence-electron chi connectivity index (χ1n) is 7.51. The van der Waals surface area contributed by atoms with Gasteiger partial charge in [-0.1, -0.05) is 32.0 Å². The lowest BCUT2D eigenvalue weighted by Gasteiger charge is -2.34. The van der Waals surface area contributed by atoms with E-state index in [-0.39, 0.29) is 12.1 Å². The quantitative estimate of drug-likeness (QED) is 0.742. The van der Waals surface area contributed by atoms with Crippen LogP contribution in [0.2, 0.25) is 0 Å². The number of benzene rings is 1. The first-order chi connectivity index (χ1) is 9.86. The Morgan fingerprint density at radius 3 is 2.85 bits per heavy atom. The van der Waals surface area contributed by atoms with Crippen LogP contribution in [0.1, 0.15) is 31.9 Å². The molecule has 0 aliphatic carbocycles. The molecule has 1 aliphatic heterocycles. The van der Waals surface area contributed by atoms with Gasteiger partial charge >= 0.3 is 0 Å². The van der Waals surface area contributed by atoms with E-state index in [9.17, 15) is 0 Å². The van der Waals surface area contributed by atoms with Crippen LogP contribution in [-0.2, 0) is 9.47 Å². The zero-order valence-corrected chi connectivity index (χ0v) is 12.4. The molecule has 2 rings (SSSR count). The van der Waals surface area contributed by atoms with E-state index in [2.05, 4.69) is 25.2 Å². The van der Waals surface area contributed by atoms with Gasteiger partial charge in [-0.15, -0.1) is 0 Å². The van der Waals surface area contributed by atoms with Gasteiger partial charge in [0.1, 0.15) is 18.5 Å². The van der Waals surface area contributed by atoms with Crippen molar-refractivity contribution in [2.75, 3.05) is 33.0 Å². The average molecular weight is 279 g/mol. The number of likely N-dealkylation sites (N-methyl/N-ethyl adjacent to an activating group) is 1. The first kappa shape index (κ1) is 15.3. The molecule has 1 N–H and O–H groups in total. The Balaban J connectivity index is 1.92. The van der Waals surface area contributed by atoms with Gasteiger partial charge < -0.3 is 19.5 Å². The zero-order chi connectivity index (χ0) is 14.2. The molecule has 0 aromatic heterocycles. The average Bonchev–Trinajstić information content (AvgIpc) is 2.49. The van der Waals surface area contributed by atoms with Crippen molar-refractivity contribution in [1.29, 1.82) is 0 Å². The molecule has 0 spiro atoms. The van der Waals surface area contributed by atoms with Gasteiger partial charge in [0, 0.05) is 12.2 Å². The van der Waals surface area contributed by atoms with Gasteiger partial charge in [-0.3, -0.25) is 0 Å². The minimum atomic E-state index is 0.0371. The first-order valence-corrected chi connectivity index (χ1v) is 7.51. The third-order valence-corrected chi connectivity index (χ3v) is 3.36. The van der Waals surface area contributed by atoms with Crippen molar-refractivity contribution in [3.8, 4) is 5.75 Å². The Kier molecular flexibility index (Phi) is 6.30. The summed E-state index contributed by atoms with van der Waals surface area (Å²) in [5.74, 6) is 0.959. The largest absolute Gasteiger partial charge is 0.490 e. The number of rotatable bonds is 8. The molecule has 4 heteroatoms. The van der Waals surface area contributed by atoms with E-state index < -0.39 is 0 Å². The van der Waals surface area contributed by atoms with Crippen LogP contribution in [0.25, 0.3) is 0 Å². The fourth-order valence-corrected chi connectivity index (χ4v) is 2.45. The Bertz CT molecular complexity index is 397. The van der Waals surface area contributed by atoms with Crippen molar-refractivity contribution in [3.05, 3.63) is 29.8 Å². The summed E-state index contributed by atoms with van der Waals surface area (Å²) in [5, 5.41) is 3.50. The number of para-hydroxylation sites is 1. The second-order valence-electron chi connectivity index (χ2n) is 4.91. The highest BCUT2D eigenvalue weighted by Gasteiger charge is 2.30. The van der Waals surface area contributed by atoms with Crippen LogP contribution in [0.5, 0.6) is 5.75 Å². The number of nitrogens with one attached hydrogen (secondary N) is 1. The Morgan fingerprint density at radius 1 is 1.20 bits per heavy atom. The van der Waals surface area contributed by atoms with Crippen molar-refractivity contribution < 1.29 is 14.2 Å². The van der Waals surface area contributed by atoms with Gasteiger partial charge in [-0.05, 0) is 19.0 Å². The second-order valence-corrected chi connectivity index (χ2v) is 4.91. The van der Waals surface area contributed by atoms with Crippen LogP contribution in [0.3, 0.4) is 0 Å². The van der Waals surface area contributed by atoms with Gasteiger partial charge in [-0.2, -0.15) is 0 Å². The molecular weight excluding hydrogens is 254 g/mol. The third-order valence-electron chi connectivity index (χ3n) is 3.36. The Labute approximate surface area is 121 Å². The van der Waals surface area contributed by atoms with Gasteiger partial charge in [0.05, 0.1) is 19.3 Å². The zero-order valence-electron chi connectivity index (χ0n) is 12.4. The Morgan fingerprint density at radius 2 is 2.05 bits per heavy atom. The highest BCUT2D eigenvalue weighted by atomic mass is 16.6. The lowest BCUT2D eigenvalue weighted by molar-refractivity contribution is -0.0394. The van der Waals surface area contributed by atoms with Crippen LogP contribution < -0.4 is 10.1 Å². The highest BCUT2D eigenvalue weighted by molar-refractivity contribution is 5.38. The van der Waals surface area contributed by atoms with Crippen molar-refractivity contribution >= 4 is 0 Å². The lowest BCUT2D eigenvalue weighted by Crippen LogP contribution is -2.41. The number of hydrogen-bond donors (Lipinski definition) is 1. The second kappa shape index (κ2) is 8.25. The van der Waals surface area contributed by atoms with E-state index in [4.69, 9.17) is 14.2 Å². The number of fused-ring (bicyclic) bond motifs is 1. The number of ether oxygens (including phenoxy) is 3. The summed E-state index contributed by atoms with van der Waals surface area (Å²) in [6, 6.07) is 8.35. The molecule has 0 fully saturated rings. The van der Waals surface area contributed by atoms with Crippen LogP contribution in [0.4, 0.5) is 0 Å². The topological polar surface area (TPSA) is 39.7 Å². The summed E-state index contributed by atoms with van der Waals surface area (Å²) in [6.45, 7) is 7.76. The highest BCUT2D eigenvalue weighted by Crippen LogP contribution is 2.33. The van der Waals surface area contributed by atoms with E-state index >= 15 is 0 Å². The molecule has 0 saturated carbocycles. The maximum atomic E-state index is 5.94.